The monoisotopic (exact) mass is 511 g/mol. The molecule has 0 rings (SSSR count). The first-order valence-electron chi connectivity index (χ1n) is 16.6. The number of unbranched alkanes of at least 4 members (excludes halogenated alkanes) is 15. The molecule has 0 aliphatic carbocycles. The molecule has 4 nitrogen and oxygen atoms in total. The number of nitrogens with one attached hydrogen (secondary N) is 2. The Balaban J connectivity index is 5.38. The lowest BCUT2D eigenvalue weighted by molar-refractivity contribution is 0.177. The molecule has 0 amide bonds. The molecule has 0 fully saturated rings. The van der Waals surface area contributed by atoms with Crippen molar-refractivity contribution in [2.45, 2.75) is 180 Å². The minimum absolute atomic E-state index is 0.197. The molecule has 218 valence electrons. The van der Waals surface area contributed by atoms with Gasteiger partial charge < -0.3 is 22.1 Å². The molecular weight excluding hydrogens is 440 g/mol. The Hall–Kier alpha value is -0.160. The van der Waals surface area contributed by atoms with Gasteiger partial charge in [-0.1, -0.05) is 136 Å². The lowest BCUT2D eigenvalue weighted by atomic mass is 9.77. The third kappa shape index (κ3) is 19.9. The van der Waals surface area contributed by atoms with Crippen LogP contribution in [-0.4, -0.2) is 37.8 Å². The Bertz CT molecular complexity index is 399. The average molecular weight is 511 g/mol. The molecule has 1 atom stereocenters. The van der Waals surface area contributed by atoms with E-state index in [0.717, 1.165) is 39.0 Å². The fourth-order valence-corrected chi connectivity index (χ4v) is 5.74. The Morgan fingerprint density at radius 1 is 0.500 bits per heavy atom. The second-order valence-corrected chi connectivity index (χ2v) is 11.5. The zero-order valence-electron chi connectivity index (χ0n) is 25.3. The molecule has 0 heterocycles. The van der Waals surface area contributed by atoms with E-state index < -0.39 is 0 Å². The van der Waals surface area contributed by atoms with Gasteiger partial charge >= 0.3 is 0 Å². The first-order valence-corrected chi connectivity index (χ1v) is 16.6. The van der Waals surface area contributed by atoms with E-state index >= 15 is 0 Å². The normalized spacial score (nSPS) is 12.9. The van der Waals surface area contributed by atoms with Crippen LogP contribution in [-0.2, 0) is 0 Å². The minimum Gasteiger partial charge on any atom is -0.330 e. The lowest BCUT2D eigenvalue weighted by Crippen LogP contribution is -2.60. The van der Waals surface area contributed by atoms with Crippen molar-refractivity contribution in [3.05, 3.63) is 0 Å². The van der Waals surface area contributed by atoms with E-state index in [-0.39, 0.29) is 5.54 Å². The van der Waals surface area contributed by atoms with Gasteiger partial charge in [0.15, 0.2) is 0 Å². The van der Waals surface area contributed by atoms with Gasteiger partial charge in [0.05, 0.1) is 0 Å². The van der Waals surface area contributed by atoms with Crippen LogP contribution in [0.4, 0.5) is 0 Å². The number of nitrogens with two attached hydrogens (primary N) is 2. The maximum atomic E-state index is 5.94. The standard InChI is InChI=1S/C32H70N4/c1-4-7-10-13-16-19-24-31(35-29-22-27-33)32(36-30-23-28-34,25-20-17-14-11-8-5-2)26-21-18-15-12-9-6-3/h31,35-36H,4-30,33-34H2,1-3H3. The van der Waals surface area contributed by atoms with Gasteiger partial charge in [0.1, 0.15) is 0 Å². The van der Waals surface area contributed by atoms with E-state index in [4.69, 9.17) is 11.5 Å². The Kier molecular flexibility index (Phi) is 27.7. The van der Waals surface area contributed by atoms with Crippen molar-refractivity contribution in [2.75, 3.05) is 26.2 Å². The van der Waals surface area contributed by atoms with Gasteiger partial charge in [-0.25, -0.2) is 0 Å². The summed E-state index contributed by atoms with van der Waals surface area (Å²) in [5.74, 6) is 0. The fraction of sp³-hybridized carbons (Fsp3) is 1.00. The first-order chi connectivity index (χ1) is 17.7. The third-order valence-electron chi connectivity index (χ3n) is 8.10. The molecule has 0 saturated heterocycles. The zero-order chi connectivity index (χ0) is 26.6. The summed E-state index contributed by atoms with van der Waals surface area (Å²) in [6.45, 7) is 10.6. The molecule has 0 aromatic carbocycles. The second kappa shape index (κ2) is 27.9. The number of hydrogen-bond donors (Lipinski definition) is 4. The lowest BCUT2D eigenvalue weighted by Gasteiger charge is -2.44. The van der Waals surface area contributed by atoms with Crippen LogP contribution in [0.1, 0.15) is 168 Å². The van der Waals surface area contributed by atoms with E-state index in [1.807, 2.05) is 0 Å². The van der Waals surface area contributed by atoms with Gasteiger partial charge in [-0.05, 0) is 58.3 Å². The largest absolute Gasteiger partial charge is 0.330 e. The minimum atomic E-state index is 0.197. The zero-order valence-corrected chi connectivity index (χ0v) is 25.3. The fourth-order valence-electron chi connectivity index (χ4n) is 5.74. The Labute approximate surface area is 228 Å². The molecular formula is C32H70N4. The van der Waals surface area contributed by atoms with Crippen LogP contribution in [0.3, 0.4) is 0 Å². The van der Waals surface area contributed by atoms with Crippen molar-refractivity contribution < 1.29 is 0 Å². The summed E-state index contributed by atoms with van der Waals surface area (Å²) in [6.07, 6.45) is 30.7. The van der Waals surface area contributed by atoms with E-state index in [2.05, 4.69) is 31.4 Å². The summed E-state index contributed by atoms with van der Waals surface area (Å²) in [5.41, 5.74) is 12.0. The SMILES string of the molecule is CCCCCCCCC(NCCCN)C(CCCCCCCC)(CCCCCCCC)NCCCN. The van der Waals surface area contributed by atoms with Crippen LogP contribution >= 0.6 is 0 Å². The van der Waals surface area contributed by atoms with Crippen LogP contribution in [0.2, 0.25) is 0 Å². The number of rotatable bonds is 30. The van der Waals surface area contributed by atoms with Crippen LogP contribution in [0.5, 0.6) is 0 Å². The molecule has 0 aliphatic heterocycles. The van der Waals surface area contributed by atoms with E-state index in [9.17, 15) is 0 Å². The molecule has 0 aliphatic rings. The van der Waals surface area contributed by atoms with Crippen LogP contribution < -0.4 is 22.1 Å². The summed E-state index contributed by atoms with van der Waals surface area (Å²) in [7, 11) is 0. The van der Waals surface area contributed by atoms with Crippen LogP contribution in [0.25, 0.3) is 0 Å². The van der Waals surface area contributed by atoms with Gasteiger partial charge in [-0.3, -0.25) is 0 Å². The number of hydrogen-bond acceptors (Lipinski definition) is 4. The molecule has 4 heteroatoms. The summed E-state index contributed by atoms with van der Waals surface area (Å²) in [5, 5.41) is 8.19. The maximum Gasteiger partial charge on any atom is 0.0335 e. The highest BCUT2D eigenvalue weighted by atomic mass is 15.1. The molecule has 0 spiro atoms. The molecule has 0 saturated carbocycles. The van der Waals surface area contributed by atoms with Gasteiger partial charge in [0, 0.05) is 11.6 Å². The highest BCUT2D eigenvalue weighted by molar-refractivity contribution is 4.99. The predicted octanol–water partition coefficient (Wildman–Crippen LogP) is 8.22. The molecule has 0 aromatic rings. The van der Waals surface area contributed by atoms with E-state index in [1.165, 1.54) is 135 Å². The van der Waals surface area contributed by atoms with Gasteiger partial charge in [-0.15, -0.1) is 0 Å². The van der Waals surface area contributed by atoms with E-state index in [1.54, 1.807) is 0 Å². The highest BCUT2D eigenvalue weighted by Crippen LogP contribution is 2.30. The first kappa shape index (κ1) is 35.8. The third-order valence-corrected chi connectivity index (χ3v) is 8.10. The van der Waals surface area contributed by atoms with Crippen molar-refractivity contribution in [2.24, 2.45) is 11.5 Å². The average Bonchev–Trinajstić information content (AvgIpc) is 2.89. The van der Waals surface area contributed by atoms with Crippen molar-refractivity contribution in [1.29, 1.82) is 0 Å². The van der Waals surface area contributed by atoms with Crippen molar-refractivity contribution in [3.63, 3.8) is 0 Å². The summed E-state index contributed by atoms with van der Waals surface area (Å²) < 4.78 is 0. The topological polar surface area (TPSA) is 76.1 Å². The molecule has 0 bridgehead atoms. The van der Waals surface area contributed by atoms with Gasteiger partial charge in [0.25, 0.3) is 0 Å². The van der Waals surface area contributed by atoms with Crippen molar-refractivity contribution in [3.8, 4) is 0 Å². The molecule has 1 unspecified atom stereocenters. The van der Waals surface area contributed by atoms with Crippen LogP contribution in [0.15, 0.2) is 0 Å². The molecule has 0 aromatic heterocycles. The van der Waals surface area contributed by atoms with Crippen molar-refractivity contribution in [1.82, 2.24) is 10.6 Å². The Morgan fingerprint density at radius 2 is 0.917 bits per heavy atom. The summed E-state index contributed by atoms with van der Waals surface area (Å²) >= 11 is 0. The predicted molar refractivity (Wildman–Crippen MR) is 164 cm³/mol. The van der Waals surface area contributed by atoms with Crippen LogP contribution in [0, 0.1) is 0 Å². The second-order valence-electron chi connectivity index (χ2n) is 11.5. The van der Waals surface area contributed by atoms with Gasteiger partial charge in [-0.2, -0.15) is 0 Å². The molecule has 6 N–H and O–H groups in total. The summed E-state index contributed by atoms with van der Waals surface area (Å²) in [4.78, 5) is 0. The highest BCUT2D eigenvalue weighted by Gasteiger charge is 2.36. The molecule has 0 radical (unpaired) electrons. The quantitative estimate of drug-likeness (QED) is 0.0734. The maximum absolute atomic E-state index is 5.94. The smallest absolute Gasteiger partial charge is 0.0335 e. The molecule has 36 heavy (non-hydrogen) atoms. The van der Waals surface area contributed by atoms with Crippen molar-refractivity contribution >= 4 is 0 Å². The summed E-state index contributed by atoms with van der Waals surface area (Å²) in [6, 6.07) is 0.541. The van der Waals surface area contributed by atoms with E-state index in [0.29, 0.717) is 6.04 Å². The Morgan fingerprint density at radius 3 is 1.39 bits per heavy atom. The van der Waals surface area contributed by atoms with Gasteiger partial charge in [0.2, 0.25) is 0 Å².